The van der Waals surface area contributed by atoms with E-state index in [2.05, 4.69) is 25.6 Å². The van der Waals surface area contributed by atoms with Gasteiger partial charge in [-0.15, -0.1) is 0 Å². The first-order chi connectivity index (χ1) is 11.6. The van der Waals surface area contributed by atoms with Gasteiger partial charge in [-0.25, -0.2) is 10.4 Å². The molecule has 0 fully saturated rings. The first-order valence-corrected chi connectivity index (χ1v) is 6.82. The fourth-order valence-electron chi connectivity index (χ4n) is 1.92. The molecule has 24 heavy (non-hydrogen) atoms. The van der Waals surface area contributed by atoms with Crippen molar-refractivity contribution < 1.29 is 9.72 Å². The molecular weight excluding hydrogens is 314 g/mol. The minimum Gasteiger partial charge on any atom is -0.271 e. The molecule has 2 aromatic heterocycles. The van der Waals surface area contributed by atoms with Crippen LogP contribution < -0.4 is 5.43 Å². The Morgan fingerprint density at radius 1 is 1.33 bits per heavy atom. The Labute approximate surface area is 135 Å². The van der Waals surface area contributed by atoms with Crippen molar-refractivity contribution in [1.82, 2.24) is 25.2 Å². The van der Waals surface area contributed by atoms with E-state index in [0.29, 0.717) is 5.69 Å². The van der Waals surface area contributed by atoms with Gasteiger partial charge in [0.2, 0.25) is 0 Å². The summed E-state index contributed by atoms with van der Waals surface area (Å²) < 4.78 is 1.15. The Morgan fingerprint density at radius 2 is 2.12 bits per heavy atom. The summed E-state index contributed by atoms with van der Waals surface area (Å²) in [7, 11) is 0. The lowest BCUT2D eigenvalue weighted by Crippen LogP contribution is -2.23. The molecule has 10 nitrogen and oxygen atoms in total. The van der Waals surface area contributed by atoms with E-state index in [0.717, 1.165) is 28.1 Å². The molecule has 0 aliphatic heterocycles. The van der Waals surface area contributed by atoms with Crippen molar-refractivity contribution in [3.8, 4) is 0 Å². The second-order valence-corrected chi connectivity index (χ2v) is 4.73. The summed E-state index contributed by atoms with van der Waals surface area (Å²) in [5.41, 5.74) is 4.09. The summed E-state index contributed by atoms with van der Waals surface area (Å²) in [6.45, 7) is -0.186. The molecule has 0 spiro atoms. The lowest BCUT2D eigenvalue weighted by molar-refractivity contribution is -0.385. The van der Waals surface area contributed by atoms with E-state index in [1.807, 2.05) is 24.3 Å². The summed E-state index contributed by atoms with van der Waals surface area (Å²) in [5, 5.41) is 18.0. The van der Waals surface area contributed by atoms with E-state index >= 15 is 0 Å². The van der Waals surface area contributed by atoms with Gasteiger partial charge in [-0.2, -0.15) is 10.2 Å². The maximum Gasteiger partial charge on any atom is 0.307 e. The van der Waals surface area contributed by atoms with Crippen LogP contribution in [0.4, 0.5) is 5.69 Å². The lowest BCUT2D eigenvalue weighted by atomic mass is 10.3. The molecular formula is C14H11N7O3. The third kappa shape index (κ3) is 3.55. The minimum absolute atomic E-state index is 0.183. The fourth-order valence-corrected chi connectivity index (χ4v) is 1.92. The van der Waals surface area contributed by atoms with Crippen molar-refractivity contribution in [3.63, 3.8) is 0 Å². The molecule has 0 radical (unpaired) electrons. The Balaban J connectivity index is 1.59. The number of hydrogen-bond donors (Lipinski definition) is 1. The normalized spacial score (nSPS) is 11.0. The van der Waals surface area contributed by atoms with E-state index in [1.54, 1.807) is 0 Å². The Bertz CT molecular complexity index is 935. The summed E-state index contributed by atoms with van der Waals surface area (Å²) in [5.74, 6) is -0.474. The third-order valence-electron chi connectivity index (χ3n) is 2.99. The van der Waals surface area contributed by atoms with Gasteiger partial charge in [-0.05, 0) is 12.1 Å². The number of hydrogen-bond acceptors (Lipinski definition) is 7. The SMILES string of the molecule is O=C(Cn1cc([N+](=O)[O-])cn1)N/N=C/c1cnc2ccccc2n1. The smallest absolute Gasteiger partial charge is 0.271 e. The molecule has 0 aliphatic carbocycles. The number of nitrogens with zero attached hydrogens (tertiary/aromatic N) is 6. The van der Waals surface area contributed by atoms with Crippen LogP contribution in [0.1, 0.15) is 5.69 Å². The summed E-state index contributed by atoms with van der Waals surface area (Å²) in [6, 6.07) is 7.38. The van der Waals surface area contributed by atoms with Gasteiger partial charge in [-0.1, -0.05) is 12.1 Å². The van der Waals surface area contributed by atoms with Crippen LogP contribution in [-0.2, 0) is 11.3 Å². The van der Waals surface area contributed by atoms with Gasteiger partial charge in [0.15, 0.2) is 0 Å². The molecule has 0 atom stereocenters. The largest absolute Gasteiger partial charge is 0.307 e. The summed E-state index contributed by atoms with van der Waals surface area (Å²) in [6.07, 6.45) is 5.14. The van der Waals surface area contributed by atoms with Crippen LogP contribution >= 0.6 is 0 Å². The zero-order valence-electron chi connectivity index (χ0n) is 12.2. The average Bonchev–Trinajstić information content (AvgIpc) is 3.03. The lowest BCUT2D eigenvalue weighted by Gasteiger charge is -2.00. The number of carbonyl (C=O) groups excluding carboxylic acids is 1. The fraction of sp³-hybridized carbons (Fsp3) is 0.0714. The monoisotopic (exact) mass is 325 g/mol. The number of nitrogens with one attached hydrogen (secondary N) is 1. The van der Waals surface area contributed by atoms with Gasteiger partial charge in [0.1, 0.15) is 24.6 Å². The number of aromatic nitrogens is 4. The highest BCUT2D eigenvalue weighted by molar-refractivity contribution is 5.83. The van der Waals surface area contributed by atoms with Gasteiger partial charge >= 0.3 is 5.69 Å². The topological polar surface area (TPSA) is 128 Å². The van der Waals surface area contributed by atoms with Gasteiger partial charge in [0.25, 0.3) is 5.91 Å². The van der Waals surface area contributed by atoms with Crippen molar-refractivity contribution in [1.29, 1.82) is 0 Å². The zero-order chi connectivity index (χ0) is 16.9. The van der Waals surface area contributed by atoms with Crippen LogP contribution in [0, 0.1) is 10.1 Å². The maximum absolute atomic E-state index is 11.7. The number of nitro groups is 1. The van der Waals surface area contributed by atoms with E-state index in [-0.39, 0.29) is 12.2 Å². The predicted octanol–water partition coefficient (Wildman–Crippen LogP) is 0.885. The van der Waals surface area contributed by atoms with Gasteiger partial charge in [0, 0.05) is 0 Å². The Kier molecular flexibility index (Phi) is 4.19. The van der Waals surface area contributed by atoms with Crippen LogP contribution in [0.25, 0.3) is 11.0 Å². The molecule has 1 amide bonds. The quantitative estimate of drug-likeness (QED) is 0.421. The highest BCUT2D eigenvalue weighted by atomic mass is 16.6. The molecule has 0 bridgehead atoms. The van der Waals surface area contributed by atoms with E-state index in [4.69, 9.17) is 0 Å². The molecule has 2 heterocycles. The third-order valence-corrected chi connectivity index (χ3v) is 2.99. The molecule has 1 N–H and O–H groups in total. The van der Waals surface area contributed by atoms with Crippen LogP contribution in [0.2, 0.25) is 0 Å². The molecule has 120 valence electrons. The molecule has 0 aliphatic rings. The Hall–Kier alpha value is -3.69. The van der Waals surface area contributed by atoms with Crippen LogP contribution in [0.15, 0.2) is 48.0 Å². The van der Waals surface area contributed by atoms with Crippen LogP contribution in [-0.4, -0.2) is 36.8 Å². The number of fused-ring (bicyclic) bond motifs is 1. The highest BCUT2D eigenvalue weighted by Crippen LogP contribution is 2.08. The number of amides is 1. The number of benzene rings is 1. The zero-order valence-corrected chi connectivity index (χ0v) is 12.2. The molecule has 0 saturated carbocycles. The number of para-hydroxylation sites is 2. The standard InChI is InChI=1S/C14H11N7O3/c22-14(9-20-8-11(7-17-20)21(23)24)19-16-6-10-5-15-12-3-1-2-4-13(12)18-10/h1-8H,9H2,(H,19,22)/b16-6+. The molecule has 3 rings (SSSR count). The number of carbonyl (C=O) groups is 1. The van der Waals surface area contributed by atoms with Gasteiger partial charge < -0.3 is 0 Å². The predicted molar refractivity (Wildman–Crippen MR) is 84.2 cm³/mol. The molecule has 0 unspecified atom stereocenters. The first kappa shape index (κ1) is 15.2. The number of rotatable bonds is 5. The van der Waals surface area contributed by atoms with Crippen LogP contribution in [0.5, 0.6) is 0 Å². The molecule has 0 saturated heterocycles. The molecule has 10 heteroatoms. The minimum atomic E-state index is -0.585. The van der Waals surface area contributed by atoms with Crippen molar-refractivity contribution in [2.75, 3.05) is 0 Å². The van der Waals surface area contributed by atoms with Crippen LogP contribution in [0.3, 0.4) is 0 Å². The highest BCUT2D eigenvalue weighted by Gasteiger charge is 2.10. The van der Waals surface area contributed by atoms with Crippen molar-refractivity contribution >= 4 is 28.8 Å². The molecule has 3 aromatic rings. The van der Waals surface area contributed by atoms with Gasteiger partial charge in [-0.3, -0.25) is 24.6 Å². The van der Waals surface area contributed by atoms with E-state index in [1.165, 1.54) is 12.4 Å². The van der Waals surface area contributed by atoms with E-state index < -0.39 is 10.8 Å². The second-order valence-electron chi connectivity index (χ2n) is 4.73. The van der Waals surface area contributed by atoms with Crippen molar-refractivity contribution in [2.24, 2.45) is 5.10 Å². The van der Waals surface area contributed by atoms with Crippen molar-refractivity contribution in [3.05, 3.63) is 58.7 Å². The molecule has 1 aromatic carbocycles. The summed E-state index contributed by atoms with van der Waals surface area (Å²) in [4.78, 5) is 30.2. The Morgan fingerprint density at radius 3 is 2.88 bits per heavy atom. The van der Waals surface area contributed by atoms with Crippen molar-refractivity contribution in [2.45, 2.75) is 6.54 Å². The number of hydrazone groups is 1. The average molecular weight is 325 g/mol. The first-order valence-electron chi connectivity index (χ1n) is 6.82. The van der Waals surface area contributed by atoms with E-state index in [9.17, 15) is 14.9 Å². The summed E-state index contributed by atoms with van der Waals surface area (Å²) >= 11 is 0. The maximum atomic E-state index is 11.7. The second kappa shape index (κ2) is 6.60. The van der Waals surface area contributed by atoms with Gasteiger partial charge in [0.05, 0.1) is 28.4 Å².